The average molecular weight is 361 g/mol. The number of hydrogen-bond acceptors (Lipinski definition) is 1. The lowest BCUT2D eigenvalue weighted by molar-refractivity contribution is -0.137. The van der Waals surface area contributed by atoms with E-state index in [-0.39, 0.29) is 0 Å². The van der Waals surface area contributed by atoms with E-state index in [0.29, 0.717) is 6.42 Å². The van der Waals surface area contributed by atoms with Crippen LogP contribution in [0.1, 0.15) is 122 Å². The molecule has 0 unspecified atom stereocenters. The highest BCUT2D eigenvalue weighted by Crippen LogP contribution is 2.11. The predicted octanol–water partition coefficient (Wildman–Crippen LogP) is 7.12. The zero-order chi connectivity index (χ0) is 19.1. The normalized spacial score (nSPS) is 9.88. The van der Waals surface area contributed by atoms with E-state index in [1.54, 1.807) is 0 Å². The molecule has 0 fully saturated rings. The van der Waals surface area contributed by atoms with Crippen LogP contribution in [0, 0.1) is 23.7 Å². The molecule has 1 N–H and O–H groups in total. The molecule has 0 aromatic carbocycles. The van der Waals surface area contributed by atoms with Crippen molar-refractivity contribution >= 4 is 5.97 Å². The summed E-state index contributed by atoms with van der Waals surface area (Å²) in [5, 5.41) is 8.56. The number of hydrogen-bond donors (Lipinski definition) is 1. The monoisotopic (exact) mass is 360 g/mol. The van der Waals surface area contributed by atoms with E-state index in [9.17, 15) is 4.79 Å². The van der Waals surface area contributed by atoms with Gasteiger partial charge in [-0.05, 0) is 31.1 Å². The summed E-state index contributed by atoms with van der Waals surface area (Å²) in [7, 11) is 0. The predicted molar refractivity (Wildman–Crippen MR) is 112 cm³/mol. The van der Waals surface area contributed by atoms with Gasteiger partial charge in [0.25, 0.3) is 0 Å². The fourth-order valence-corrected chi connectivity index (χ4v) is 2.93. The SMILES string of the molecule is CCCCCCCCC#CC#CCCCCCCCCCCCC(=O)O. The lowest BCUT2D eigenvalue weighted by atomic mass is 10.1. The minimum atomic E-state index is -0.670. The van der Waals surface area contributed by atoms with Gasteiger partial charge in [-0.2, -0.15) is 0 Å². The molecular weight excluding hydrogens is 320 g/mol. The molecule has 0 radical (unpaired) electrons. The Bertz CT molecular complexity index is 431. The van der Waals surface area contributed by atoms with Crippen LogP contribution in [0.2, 0.25) is 0 Å². The molecule has 0 aliphatic rings. The van der Waals surface area contributed by atoms with E-state index in [1.807, 2.05) is 0 Å². The zero-order valence-electron chi connectivity index (χ0n) is 17.1. The summed E-state index contributed by atoms with van der Waals surface area (Å²) in [4.78, 5) is 10.4. The second-order valence-corrected chi connectivity index (χ2v) is 7.20. The van der Waals surface area contributed by atoms with Crippen LogP contribution >= 0.6 is 0 Å². The Hall–Kier alpha value is -1.41. The molecule has 0 aromatic rings. The largest absolute Gasteiger partial charge is 0.481 e. The van der Waals surface area contributed by atoms with Gasteiger partial charge < -0.3 is 5.11 Å². The molecule has 0 saturated carbocycles. The van der Waals surface area contributed by atoms with Crippen molar-refractivity contribution in [1.82, 2.24) is 0 Å². The topological polar surface area (TPSA) is 37.3 Å². The van der Waals surface area contributed by atoms with Crippen LogP contribution in [-0.2, 0) is 4.79 Å². The van der Waals surface area contributed by atoms with Gasteiger partial charge in [0.1, 0.15) is 0 Å². The van der Waals surface area contributed by atoms with E-state index in [4.69, 9.17) is 5.11 Å². The molecule has 2 heteroatoms. The third-order valence-electron chi connectivity index (χ3n) is 4.59. The lowest BCUT2D eigenvalue weighted by Gasteiger charge is -2.01. The van der Waals surface area contributed by atoms with Crippen molar-refractivity contribution in [2.45, 2.75) is 122 Å². The number of unbranched alkanes of at least 4 members (excludes halogenated alkanes) is 15. The number of carbonyl (C=O) groups is 1. The summed E-state index contributed by atoms with van der Waals surface area (Å²) in [6.07, 6.45) is 20.9. The van der Waals surface area contributed by atoms with Crippen molar-refractivity contribution in [1.29, 1.82) is 0 Å². The Morgan fingerprint density at radius 3 is 1.42 bits per heavy atom. The van der Waals surface area contributed by atoms with Crippen LogP contribution in [0.3, 0.4) is 0 Å². The Labute approximate surface area is 162 Å². The Kier molecular flexibility index (Phi) is 20.5. The van der Waals surface area contributed by atoms with Gasteiger partial charge in [-0.3, -0.25) is 4.79 Å². The third kappa shape index (κ3) is 22.6. The van der Waals surface area contributed by atoms with Gasteiger partial charge >= 0.3 is 5.97 Å². The fraction of sp³-hybridized carbons (Fsp3) is 0.792. The van der Waals surface area contributed by atoms with Gasteiger partial charge in [0, 0.05) is 19.3 Å². The van der Waals surface area contributed by atoms with Gasteiger partial charge in [-0.15, -0.1) is 0 Å². The summed E-state index contributed by atoms with van der Waals surface area (Å²) >= 11 is 0. The van der Waals surface area contributed by atoms with Crippen molar-refractivity contribution in [3.05, 3.63) is 0 Å². The van der Waals surface area contributed by atoms with Gasteiger partial charge in [-0.1, -0.05) is 95.8 Å². The molecule has 0 bridgehead atoms. The van der Waals surface area contributed by atoms with E-state index in [1.165, 1.54) is 83.5 Å². The van der Waals surface area contributed by atoms with Gasteiger partial charge in [0.05, 0.1) is 0 Å². The van der Waals surface area contributed by atoms with E-state index < -0.39 is 5.97 Å². The minimum absolute atomic E-state index is 0.324. The Balaban J connectivity index is 3.23. The number of aliphatic carboxylic acids is 1. The molecule has 0 saturated heterocycles. The summed E-state index contributed by atoms with van der Waals surface area (Å²) in [5.41, 5.74) is 0. The summed E-state index contributed by atoms with van der Waals surface area (Å²) in [6, 6.07) is 0. The molecular formula is C24H40O2. The number of carboxylic acid groups (broad SMARTS) is 1. The molecule has 0 aliphatic carbocycles. The fourth-order valence-electron chi connectivity index (χ4n) is 2.93. The van der Waals surface area contributed by atoms with Crippen molar-refractivity contribution in [2.75, 3.05) is 0 Å². The molecule has 0 spiro atoms. The average Bonchev–Trinajstić information content (AvgIpc) is 2.62. The minimum Gasteiger partial charge on any atom is -0.481 e. The summed E-state index contributed by atoms with van der Waals surface area (Å²) in [6.45, 7) is 2.25. The molecule has 0 aromatic heterocycles. The first kappa shape index (κ1) is 24.6. The standard InChI is InChI=1S/C24H40O2/c1-2-3-4-5-6-7-8-9-10-11-12-13-14-15-16-17-18-19-20-21-22-23-24(25)26/h2-8,13-23H2,1H3,(H,25,26). The third-order valence-corrected chi connectivity index (χ3v) is 4.59. The molecule has 0 heterocycles. The van der Waals surface area contributed by atoms with Gasteiger partial charge in [0.15, 0.2) is 0 Å². The van der Waals surface area contributed by atoms with Crippen LogP contribution in [-0.4, -0.2) is 11.1 Å². The lowest BCUT2D eigenvalue weighted by Crippen LogP contribution is -1.93. The number of rotatable bonds is 17. The van der Waals surface area contributed by atoms with Crippen LogP contribution in [0.5, 0.6) is 0 Å². The molecule has 2 nitrogen and oxygen atoms in total. The van der Waals surface area contributed by atoms with Gasteiger partial charge in [0.2, 0.25) is 0 Å². The first-order valence-electron chi connectivity index (χ1n) is 10.9. The summed E-state index contributed by atoms with van der Waals surface area (Å²) < 4.78 is 0. The highest BCUT2D eigenvalue weighted by molar-refractivity contribution is 5.66. The second kappa shape index (κ2) is 21.6. The Morgan fingerprint density at radius 2 is 1.00 bits per heavy atom. The molecule has 0 rings (SSSR count). The quantitative estimate of drug-likeness (QED) is 0.221. The maximum atomic E-state index is 10.4. The van der Waals surface area contributed by atoms with E-state index in [2.05, 4.69) is 30.6 Å². The maximum absolute atomic E-state index is 10.4. The molecule has 0 aliphatic heterocycles. The van der Waals surface area contributed by atoms with Crippen LogP contribution in [0.15, 0.2) is 0 Å². The maximum Gasteiger partial charge on any atom is 0.303 e. The highest BCUT2D eigenvalue weighted by atomic mass is 16.4. The van der Waals surface area contributed by atoms with Crippen molar-refractivity contribution < 1.29 is 9.90 Å². The van der Waals surface area contributed by atoms with Gasteiger partial charge in [-0.25, -0.2) is 0 Å². The second-order valence-electron chi connectivity index (χ2n) is 7.20. The number of carboxylic acids is 1. The van der Waals surface area contributed by atoms with Crippen LogP contribution in [0.4, 0.5) is 0 Å². The molecule has 0 atom stereocenters. The van der Waals surface area contributed by atoms with E-state index >= 15 is 0 Å². The smallest absolute Gasteiger partial charge is 0.303 e. The van der Waals surface area contributed by atoms with Crippen LogP contribution in [0.25, 0.3) is 0 Å². The molecule has 148 valence electrons. The van der Waals surface area contributed by atoms with Crippen molar-refractivity contribution in [3.63, 3.8) is 0 Å². The van der Waals surface area contributed by atoms with Crippen LogP contribution < -0.4 is 0 Å². The first-order valence-corrected chi connectivity index (χ1v) is 10.9. The molecule has 26 heavy (non-hydrogen) atoms. The highest BCUT2D eigenvalue weighted by Gasteiger charge is 1.96. The van der Waals surface area contributed by atoms with E-state index in [0.717, 1.165) is 25.7 Å². The molecule has 0 amide bonds. The first-order chi connectivity index (χ1) is 12.8. The van der Waals surface area contributed by atoms with Crippen molar-refractivity contribution in [3.8, 4) is 23.7 Å². The Morgan fingerprint density at radius 1 is 0.615 bits per heavy atom. The zero-order valence-corrected chi connectivity index (χ0v) is 17.1. The summed E-state index contributed by atoms with van der Waals surface area (Å²) in [5.74, 6) is 11.6. The van der Waals surface area contributed by atoms with Crippen molar-refractivity contribution in [2.24, 2.45) is 0 Å².